The second kappa shape index (κ2) is 8.68. The van der Waals surface area contributed by atoms with E-state index in [1.165, 1.54) is 38.5 Å². The first-order chi connectivity index (χ1) is 8.98. The molecule has 0 fully saturated rings. The van der Waals surface area contributed by atoms with E-state index in [1.54, 1.807) is 0 Å². The van der Waals surface area contributed by atoms with Gasteiger partial charge in [0.1, 0.15) is 0 Å². The van der Waals surface area contributed by atoms with E-state index < -0.39 is 16.1 Å². The zero-order valence-corrected chi connectivity index (χ0v) is 19.0. The van der Waals surface area contributed by atoms with Gasteiger partial charge in [-0.1, -0.05) is 107 Å². The number of aliphatic hydroxyl groups is 1. The van der Waals surface area contributed by atoms with Crippen molar-refractivity contribution < 1.29 is 5.11 Å². The fourth-order valence-electron chi connectivity index (χ4n) is 3.44. The molecule has 1 N–H and O–H groups in total. The first kappa shape index (κ1) is 21.1. The third kappa shape index (κ3) is 5.73. The number of rotatable bonds is 10. The van der Waals surface area contributed by atoms with Gasteiger partial charge in [-0.05, 0) is 6.42 Å². The van der Waals surface area contributed by atoms with Crippen molar-refractivity contribution in [3.8, 4) is 0 Å². The van der Waals surface area contributed by atoms with E-state index >= 15 is 0 Å². The van der Waals surface area contributed by atoms with Gasteiger partial charge >= 0.3 is 0 Å². The molecule has 0 bridgehead atoms. The zero-order chi connectivity index (χ0) is 16.0. The van der Waals surface area contributed by atoms with Crippen molar-refractivity contribution in [1.29, 1.82) is 0 Å². The van der Waals surface area contributed by atoms with Crippen molar-refractivity contribution in [2.75, 3.05) is 0 Å². The summed E-state index contributed by atoms with van der Waals surface area (Å²) in [6.45, 7) is 16.9. The molecule has 0 saturated heterocycles. The molecule has 0 spiro atoms. The van der Waals surface area contributed by atoms with Crippen molar-refractivity contribution in [1.82, 2.24) is 0 Å². The van der Waals surface area contributed by atoms with Crippen LogP contribution in [0.25, 0.3) is 0 Å². The van der Waals surface area contributed by atoms with Gasteiger partial charge in [-0.25, -0.2) is 0 Å². The summed E-state index contributed by atoms with van der Waals surface area (Å²) in [5.74, 6) is 0. The Morgan fingerprint density at radius 1 is 0.850 bits per heavy atom. The zero-order valence-electron chi connectivity index (χ0n) is 14.9. The van der Waals surface area contributed by atoms with Gasteiger partial charge in [0.05, 0.1) is 22.3 Å². The normalized spacial score (nSPS) is 15.4. The molecule has 0 aliphatic heterocycles. The SMILES string of the molecule is CCCCCCCCC(O)C(I)([Si](C)(C)C)[Si](C)(C)C. The maximum absolute atomic E-state index is 10.9. The van der Waals surface area contributed by atoms with Crippen LogP contribution >= 0.6 is 22.6 Å². The Balaban J connectivity index is 4.50. The predicted octanol–water partition coefficient (Wildman–Crippen LogP) is 6.03. The van der Waals surface area contributed by atoms with Crippen molar-refractivity contribution in [2.45, 2.75) is 99.9 Å². The summed E-state index contributed by atoms with van der Waals surface area (Å²) < 4.78 is 0.182. The predicted molar refractivity (Wildman–Crippen MR) is 107 cm³/mol. The van der Waals surface area contributed by atoms with Gasteiger partial charge in [0.15, 0.2) is 0 Å². The Labute approximate surface area is 143 Å². The van der Waals surface area contributed by atoms with Crippen molar-refractivity contribution in [2.24, 2.45) is 0 Å². The average Bonchev–Trinajstić information content (AvgIpc) is 2.29. The highest BCUT2D eigenvalue weighted by atomic mass is 127. The van der Waals surface area contributed by atoms with Crippen LogP contribution in [0.4, 0.5) is 0 Å². The largest absolute Gasteiger partial charge is 0.392 e. The Morgan fingerprint density at radius 2 is 1.25 bits per heavy atom. The van der Waals surface area contributed by atoms with Crippen molar-refractivity contribution in [3.63, 3.8) is 0 Å². The molecule has 0 aromatic heterocycles. The molecule has 122 valence electrons. The topological polar surface area (TPSA) is 20.2 Å². The maximum atomic E-state index is 10.9. The molecule has 0 rings (SSSR count). The van der Waals surface area contributed by atoms with E-state index in [-0.39, 0.29) is 8.77 Å². The van der Waals surface area contributed by atoms with Crippen LogP contribution in [0.2, 0.25) is 39.3 Å². The van der Waals surface area contributed by atoms with Crippen molar-refractivity contribution >= 4 is 38.7 Å². The minimum Gasteiger partial charge on any atom is -0.392 e. The molecular formula is C16H37IOSi2. The fourth-order valence-corrected chi connectivity index (χ4v) is 15.0. The molecule has 0 saturated carbocycles. The third-order valence-corrected chi connectivity index (χ3v) is 24.4. The van der Waals surface area contributed by atoms with Gasteiger partial charge in [-0.3, -0.25) is 0 Å². The number of halogens is 1. The first-order valence-corrected chi connectivity index (χ1v) is 16.4. The lowest BCUT2D eigenvalue weighted by atomic mass is 10.1. The van der Waals surface area contributed by atoms with Gasteiger partial charge in [0.2, 0.25) is 0 Å². The Bertz CT molecular complexity index is 255. The molecule has 1 unspecified atom stereocenters. The first-order valence-electron chi connectivity index (χ1n) is 8.35. The molecule has 1 nitrogen and oxygen atoms in total. The van der Waals surface area contributed by atoms with E-state index in [1.807, 2.05) is 0 Å². The summed E-state index contributed by atoms with van der Waals surface area (Å²) in [4.78, 5) is 0. The van der Waals surface area contributed by atoms with E-state index in [0.717, 1.165) is 6.42 Å². The minimum atomic E-state index is -1.39. The monoisotopic (exact) mass is 428 g/mol. The quantitative estimate of drug-likeness (QED) is 0.195. The standard InChI is InChI=1S/C16H37IOSi2/c1-8-9-10-11-12-13-14-15(18)16(17,19(2,3)4)20(5,6)7/h15,18H,8-14H2,1-7H3. The lowest BCUT2D eigenvalue weighted by Crippen LogP contribution is -2.68. The maximum Gasteiger partial charge on any atom is 0.0636 e. The van der Waals surface area contributed by atoms with Crippen molar-refractivity contribution in [3.05, 3.63) is 0 Å². The van der Waals surface area contributed by atoms with Crippen LogP contribution in [-0.2, 0) is 0 Å². The van der Waals surface area contributed by atoms with Gasteiger partial charge in [-0.15, -0.1) is 0 Å². The minimum absolute atomic E-state index is 0.104. The molecule has 0 aliphatic carbocycles. The Morgan fingerprint density at radius 3 is 1.65 bits per heavy atom. The molecule has 0 amide bonds. The van der Waals surface area contributed by atoms with Gasteiger partial charge < -0.3 is 5.11 Å². The summed E-state index contributed by atoms with van der Waals surface area (Å²) >= 11 is 2.66. The highest BCUT2D eigenvalue weighted by Gasteiger charge is 2.54. The van der Waals surface area contributed by atoms with E-state index in [4.69, 9.17) is 0 Å². The molecule has 0 aliphatic rings. The molecule has 20 heavy (non-hydrogen) atoms. The molecule has 4 heteroatoms. The molecule has 1 atom stereocenters. The average molecular weight is 429 g/mol. The second-order valence-corrected chi connectivity index (χ2v) is 23.1. The third-order valence-electron chi connectivity index (χ3n) is 4.47. The molecule has 0 radical (unpaired) electrons. The Kier molecular flexibility index (Phi) is 9.16. The van der Waals surface area contributed by atoms with Crippen LogP contribution in [0.5, 0.6) is 0 Å². The fraction of sp³-hybridized carbons (Fsp3) is 1.00. The van der Waals surface area contributed by atoms with Crippen LogP contribution in [0.3, 0.4) is 0 Å². The van der Waals surface area contributed by atoms with E-state index in [2.05, 4.69) is 68.8 Å². The lowest BCUT2D eigenvalue weighted by Gasteiger charge is -2.50. The van der Waals surface area contributed by atoms with Crippen LogP contribution in [-0.4, -0.2) is 30.0 Å². The molecule has 0 aromatic carbocycles. The highest BCUT2D eigenvalue weighted by Crippen LogP contribution is 2.43. The summed E-state index contributed by atoms with van der Waals surface area (Å²) in [7, 11) is -2.78. The van der Waals surface area contributed by atoms with Crippen LogP contribution in [0.1, 0.15) is 51.9 Å². The molecular weight excluding hydrogens is 391 g/mol. The number of hydrogen-bond donors (Lipinski definition) is 1. The molecule has 0 aromatic rings. The van der Waals surface area contributed by atoms with Gasteiger partial charge in [0.25, 0.3) is 0 Å². The summed E-state index contributed by atoms with van der Waals surface area (Å²) in [6.07, 6.45) is 8.77. The van der Waals surface area contributed by atoms with E-state index in [0.29, 0.717) is 0 Å². The summed E-state index contributed by atoms with van der Waals surface area (Å²) in [5.41, 5.74) is 0. The van der Waals surface area contributed by atoms with E-state index in [9.17, 15) is 5.11 Å². The highest BCUT2D eigenvalue weighted by molar-refractivity contribution is 14.1. The second-order valence-electron chi connectivity index (χ2n) is 8.28. The van der Waals surface area contributed by atoms with Crippen LogP contribution in [0, 0.1) is 0 Å². The Hall–Kier alpha value is 1.12. The number of unbranched alkanes of at least 4 members (excludes halogenated alkanes) is 5. The summed E-state index contributed by atoms with van der Waals surface area (Å²) in [6, 6.07) is 0. The smallest absolute Gasteiger partial charge is 0.0636 e. The van der Waals surface area contributed by atoms with Gasteiger partial charge in [-0.2, -0.15) is 0 Å². The number of hydrogen-bond acceptors (Lipinski definition) is 1. The van der Waals surface area contributed by atoms with Gasteiger partial charge in [0, 0.05) is 2.67 Å². The number of aliphatic hydroxyl groups excluding tert-OH is 1. The van der Waals surface area contributed by atoms with Crippen LogP contribution < -0.4 is 0 Å². The van der Waals surface area contributed by atoms with Crippen LogP contribution in [0.15, 0.2) is 0 Å². The number of alkyl halides is 1. The molecule has 0 heterocycles. The lowest BCUT2D eigenvalue weighted by molar-refractivity contribution is 0.165. The summed E-state index contributed by atoms with van der Waals surface area (Å²) in [5, 5.41) is 10.9.